The average Bonchev–Trinajstić information content (AvgIpc) is 2.67. The van der Waals surface area contributed by atoms with Gasteiger partial charge in [0.25, 0.3) is 5.91 Å². The molecular formula is C21H30F3NO2S. The first kappa shape index (κ1) is 26.1. The molecule has 1 N–H and O–H groups in total. The summed E-state index contributed by atoms with van der Waals surface area (Å²) in [6.45, 7) is 9.77. The average molecular weight is 418 g/mol. The highest BCUT2D eigenvalue weighted by Crippen LogP contribution is 2.37. The van der Waals surface area contributed by atoms with E-state index in [0.717, 1.165) is 18.9 Å². The van der Waals surface area contributed by atoms with Gasteiger partial charge in [0.2, 0.25) is 0 Å². The summed E-state index contributed by atoms with van der Waals surface area (Å²) in [6, 6.07) is 6.53. The van der Waals surface area contributed by atoms with Gasteiger partial charge < -0.3 is 10.1 Å². The summed E-state index contributed by atoms with van der Waals surface area (Å²) < 4.78 is 44.3. The molecule has 0 atom stereocenters. The van der Waals surface area contributed by atoms with Gasteiger partial charge in [-0.15, -0.1) is 0 Å². The maximum absolute atomic E-state index is 12.9. The van der Waals surface area contributed by atoms with Crippen molar-refractivity contribution in [2.24, 2.45) is 0 Å². The highest BCUT2D eigenvalue weighted by Gasteiger charge is 2.34. The minimum absolute atomic E-state index is 0.159. The van der Waals surface area contributed by atoms with E-state index in [-0.39, 0.29) is 5.03 Å². The Labute approximate surface area is 170 Å². The van der Waals surface area contributed by atoms with Crippen LogP contribution in [-0.4, -0.2) is 18.7 Å². The highest BCUT2D eigenvalue weighted by atomic mass is 32.2. The molecule has 0 bridgehead atoms. The third-order valence-corrected chi connectivity index (χ3v) is 4.45. The summed E-state index contributed by atoms with van der Waals surface area (Å²) in [5.74, 6) is 0.192. The third-order valence-electron chi connectivity index (χ3n) is 3.27. The number of benzene rings is 1. The van der Waals surface area contributed by atoms with Gasteiger partial charge in [0.05, 0.1) is 16.5 Å². The molecule has 1 rings (SSSR count). The van der Waals surface area contributed by atoms with Crippen LogP contribution in [0.4, 0.5) is 13.2 Å². The number of amides is 1. The molecule has 0 aliphatic carbocycles. The first-order chi connectivity index (χ1) is 13.3. The lowest BCUT2D eigenvalue weighted by Gasteiger charge is -2.14. The van der Waals surface area contributed by atoms with Crippen LogP contribution >= 0.6 is 11.8 Å². The maximum atomic E-state index is 12.9. The summed E-state index contributed by atoms with van der Waals surface area (Å²) in [6.07, 6.45) is 0.562. The van der Waals surface area contributed by atoms with E-state index in [4.69, 9.17) is 4.74 Å². The zero-order chi connectivity index (χ0) is 21.6. The van der Waals surface area contributed by atoms with Crippen LogP contribution in [0.15, 0.2) is 46.4 Å². The van der Waals surface area contributed by atoms with Gasteiger partial charge in [-0.1, -0.05) is 58.0 Å². The van der Waals surface area contributed by atoms with Gasteiger partial charge >= 0.3 is 6.18 Å². The Bertz CT molecular complexity index is 638. The van der Waals surface area contributed by atoms with E-state index in [1.54, 1.807) is 37.3 Å². The molecule has 1 amide bonds. The van der Waals surface area contributed by atoms with Crippen LogP contribution in [0.25, 0.3) is 0 Å². The molecule has 0 aliphatic heterocycles. The Morgan fingerprint density at radius 3 is 2.25 bits per heavy atom. The zero-order valence-electron chi connectivity index (χ0n) is 17.2. The molecule has 0 heterocycles. The second-order valence-corrected chi connectivity index (χ2v) is 6.49. The number of hydrogen-bond donors (Lipinski definition) is 1. The number of nitrogens with one attached hydrogen (secondary N) is 1. The van der Waals surface area contributed by atoms with E-state index in [9.17, 15) is 18.0 Å². The number of ether oxygens (including phenoxy) is 1. The molecule has 0 radical (unpaired) electrons. The van der Waals surface area contributed by atoms with Crippen LogP contribution in [0.3, 0.4) is 0 Å². The minimum Gasteiger partial charge on any atom is -0.494 e. The van der Waals surface area contributed by atoms with E-state index in [2.05, 4.69) is 12.2 Å². The normalized spacial score (nSPS) is 12.1. The molecule has 0 fully saturated rings. The molecule has 7 heteroatoms. The monoisotopic (exact) mass is 417 g/mol. The molecule has 0 unspecified atom stereocenters. The van der Waals surface area contributed by atoms with E-state index in [0.29, 0.717) is 36.1 Å². The minimum atomic E-state index is -4.45. The van der Waals surface area contributed by atoms with Gasteiger partial charge in [-0.25, -0.2) is 0 Å². The smallest absolute Gasteiger partial charge is 0.422 e. The lowest BCUT2D eigenvalue weighted by molar-refractivity contribution is -0.0837. The fourth-order valence-corrected chi connectivity index (χ4v) is 2.79. The van der Waals surface area contributed by atoms with Gasteiger partial charge in [0.1, 0.15) is 5.75 Å². The summed E-state index contributed by atoms with van der Waals surface area (Å²) >= 11 is 0.502. The van der Waals surface area contributed by atoms with Gasteiger partial charge in [-0.3, -0.25) is 4.79 Å². The Morgan fingerprint density at radius 2 is 1.79 bits per heavy atom. The predicted octanol–water partition coefficient (Wildman–Crippen LogP) is 7.07. The molecule has 158 valence electrons. The quantitative estimate of drug-likeness (QED) is 0.437. The first-order valence-corrected chi connectivity index (χ1v) is 10.3. The number of rotatable bonds is 9. The van der Waals surface area contributed by atoms with E-state index >= 15 is 0 Å². The summed E-state index contributed by atoms with van der Waals surface area (Å²) in [5, 5.41) is 2.70. The topological polar surface area (TPSA) is 38.3 Å². The van der Waals surface area contributed by atoms with E-state index in [1.165, 1.54) is 6.92 Å². The standard InChI is InChI=1S/C19H24F3NO2S.C2H6/c1-4-7-13-25-15-11-9-14(10-12-15)18(24)23-17(8-5-2)26-16(6-3)19(20,21)22;1-2/h6,8-12H,4-5,7,13H2,1-3H3,(H,23,24);1-2H3/b16-6-,17-8+;. The van der Waals surface area contributed by atoms with Gasteiger partial charge in [-0.2, -0.15) is 13.2 Å². The molecule has 3 nitrogen and oxygen atoms in total. The van der Waals surface area contributed by atoms with Crippen molar-refractivity contribution in [2.75, 3.05) is 6.61 Å². The Balaban J connectivity index is 0.00000352. The van der Waals surface area contributed by atoms with Crippen molar-refractivity contribution in [2.45, 2.75) is 60.1 Å². The Morgan fingerprint density at radius 1 is 1.18 bits per heavy atom. The SMILES string of the molecule is C/C=C(\S/C(=C/CC)NC(=O)c1ccc(OCCCC)cc1)C(F)(F)F.CC. The van der Waals surface area contributed by atoms with Crippen molar-refractivity contribution in [3.05, 3.63) is 51.9 Å². The lowest BCUT2D eigenvalue weighted by atomic mass is 10.2. The predicted molar refractivity (Wildman–Crippen MR) is 111 cm³/mol. The fourth-order valence-electron chi connectivity index (χ4n) is 1.92. The number of thioether (sulfide) groups is 1. The molecule has 0 aromatic heterocycles. The third kappa shape index (κ3) is 9.88. The molecular weight excluding hydrogens is 387 g/mol. The molecule has 0 aliphatic rings. The molecule has 28 heavy (non-hydrogen) atoms. The van der Waals surface area contributed by atoms with Crippen LogP contribution in [0, 0.1) is 0 Å². The van der Waals surface area contributed by atoms with E-state index in [1.807, 2.05) is 13.8 Å². The summed E-state index contributed by atoms with van der Waals surface area (Å²) in [5.41, 5.74) is 0.351. The maximum Gasteiger partial charge on any atom is 0.422 e. The van der Waals surface area contributed by atoms with Crippen molar-refractivity contribution in [1.82, 2.24) is 5.32 Å². The van der Waals surface area contributed by atoms with Gasteiger partial charge in [0, 0.05) is 5.56 Å². The summed E-state index contributed by atoms with van der Waals surface area (Å²) in [7, 11) is 0. The highest BCUT2D eigenvalue weighted by molar-refractivity contribution is 8.06. The first-order valence-electron chi connectivity index (χ1n) is 9.47. The Kier molecular flexibility index (Phi) is 13.2. The molecule has 1 aromatic carbocycles. The van der Waals surface area contributed by atoms with Crippen LogP contribution in [-0.2, 0) is 0 Å². The fraction of sp³-hybridized carbons (Fsp3) is 0.476. The van der Waals surface area contributed by atoms with Crippen LogP contribution in [0.1, 0.15) is 64.2 Å². The number of carbonyl (C=O) groups is 1. The van der Waals surface area contributed by atoms with Crippen LogP contribution in [0.5, 0.6) is 5.75 Å². The largest absolute Gasteiger partial charge is 0.494 e. The number of halogens is 3. The van der Waals surface area contributed by atoms with Crippen LogP contribution < -0.4 is 10.1 Å². The van der Waals surface area contributed by atoms with Crippen molar-refractivity contribution in [3.63, 3.8) is 0 Å². The van der Waals surface area contributed by atoms with Gasteiger partial charge in [0.15, 0.2) is 0 Å². The summed E-state index contributed by atoms with van der Waals surface area (Å²) in [4.78, 5) is 11.5. The van der Waals surface area contributed by atoms with Crippen molar-refractivity contribution in [3.8, 4) is 5.75 Å². The lowest BCUT2D eigenvalue weighted by Crippen LogP contribution is -2.22. The van der Waals surface area contributed by atoms with Crippen LogP contribution in [0.2, 0.25) is 0 Å². The second kappa shape index (κ2) is 14.2. The number of allylic oxidation sites excluding steroid dienone is 3. The number of hydrogen-bond acceptors (Lipinski definition) is 3. The number of carbonyl (C=O) groups excluding carboxylic acids is 1. The number of unbranched alkanes of at least 4 members (excludes halogenated alkanes) is 1. The Hall–Kier alpha value is -1.89. The molecule has 0 spiro atoms. The number of alkyl halides is 3. The van der Waals surface area contributed by atoms with Crippen molar-refractivity contribution >= 4 is 17.7 Å². The van der Waals surface area contributed by atoms with Gasteiger partial charge in [-0.05, 0) is 44.0 Å². The second-order valence-electron chi connectivity index (χ2n) is 5.41. The van der Waals surface area contributed by atoms with Crippen molar-refractivity contribution in [1.29, 1.82) is 0 Å². The molecule has 1 aromatic rings. The molecule has 0 saturated carbocycles. The molecule has 0 saturated heterocycles. The zero-order valence-corrected chi connectivity index (χ0v) is 18.0. The van der Waals surface area contributed by atoms with Crippen molar-refractivity contribution < 1.29 is 22.7 Å². The van der Waals surface area contributed by atoms with E-state index < -0.39 is 17.0 Å².